The molecule has 2 saturated heterocycles. The Morgan fingerprint density at radius 2 is 1.13 bits per heavy atom. The largest absolute Gasteiger partial charge is 0.374 e. The maximum atomic E-state index is 15.1. The Morgan fingerprint density at radius 1 is 0.660 bits per heavy atom. The van der Waals surface area contributed by atoms with E-state index in [4.69, 9.17) is 28.4 Å². The number of ether oxygens (including phenoxy) is 6. The van der Waals surface area contributed by atoms with Gasteiger partial charge in [-0.1, -0.05) is 140 Å². The van der Waals surface area contributed by atoms with Crippen LogP contribution in [0.15, 0.2) is 133 Å². The van der Waals surface area contributed by atoms with E-state index in [9.17, 15) is 0 Å². The van der Waals surface area contributed by atoms with E-state index in [1.807, 2.05) is 97.1 Å². The molecular weight excluding hydrogens is 664 g/mol. The fraction of sp³-hybridized carbons (Fsp3) is 0.413. The summed E-state index contributed by atoms with van der Waals surface area (Å²) in [6, 6.07) is 40.5. The van der Waals surface area contributed by atoms with Crippen LogP contribution < -0.4 is 0 Å². The van der Waals surface area contributed by atoms with E-state index in [-0.39, 0.29) is 30.1 Å². The summed E-state index contributed by atoms with van der Waals surface area (Å²) in [4.78, 5) is 15.1. The van der Waals surface area contributed by atoms with Gasteiger partial charge in [-0.05, 0) is 47.9 Å². The number of rotatable bonds is 14. The van der Waals surface area contributed by atoms with Crippen LogP contribution >= 0.6 is 0 Å². The van der Waals surface area contributed by atoms with Gasteiger partial charge in [-0.25, -0.2) is 0 Å². The van der Waals surface area contributed by atoms with E-state index >= 15 is 4.79 Å². The molecular formula is C46H50O7. The first-order valence-corrected chi connectivity index (χ1v) is 19.0. The number of hydrogen-bond acceptors (Lipinski definition) is 7. The Bertz CT molecular complexity index is 1850. The highest BCUT2D eigenvalue weighted by atomic mass is 16.6. The first-order valence-electron chi connectivity index (χ1n) is 19.0. The SMILES string of the molecule is CC1=C[C@]2(C)C(=O)[C@@]3([C@@H]4O[C@H](COCc5ccccc5)[C@@H](OCc5ccccc5)[C@H](OCc5ccccc5)[C@H]4OCc4ccccc4)OC[C@H]([C@@H]13)[C@@H]2C. The zero-order valence-electron chi connectivity index (χ0n) is 30.8. The molecule has 2 heterocycles. The zero-order valence-corrected chi connectivity index (χ0v) is 30.8. The summed E-state index contributed by atoms with van der Waals surface area (Å²) in [5.74, 6) is 0.255. The quantitative estimate of drug-likeness (QED) is 0.123. The van der Waals surface area contributed by atoms with Gasteiger partial charge in [0.2, 0.25) is 0 Å². The molecule has 7 heteroatoms. The molecule has 3 aliphatic carbocycles. The minimum absolute atomic E-state index is 0.0644. The zero-order chi connectivity index (χ0) is 36.4. The van der Waals surface area contributed by atoms with Crippen molar-refractivity contribution in [2.45, 2.75) is 83.3 Å². The van der Waals surface area contributed by atoms with Crippen LogP contribution in [0.4, 0.5) is 0 Å². The molecule has 53 heavy (non-hydrogen) atoms. The smallest absolute Gasteiger partial charge is 0.177 e. The third-order valence-electron chi connectivity index (χ3n) is 12.2. The van der Waals surface area contributed by atoms with Crippen LogP contribution in [0.25, 0.3) is 0 Å². The highest BCUT2D eigenvalue weighted by molar-refractivity contribution is 5.99. The van der Waals surface area contributed by atoms with E-state index in [1.54, 1.807) is 0 Å². The summed E-state index contributed by atoms with van der Waals surface area (Å²) in [6.45, 7) is 8.51. The Labute approximate surface area is 313 Å². The molecule has 1 saturated carbocycles. The lowest BCUT2D eigenvalue weighted by Crippen LogP contribution is -2.74. The lowest BCUT2D eigenvalue weighted by atomic mass is 9.47. The highest BCUT2D eigenvalue weighted by Gasteiger charge is 2.75. The molecule has 9 rings (SSSR count). The van der Waals surface area contributed by atoms with Crippen molar-refractivity contribution in [1.82, 2.24) is 0 Å². The Morgan fingerprint density at radius 3 is 1.66 bits per heavy atom. The molecule has 0 radical (unpaired) electrons. The van der Waals surface area contributed by atoms with Gasteiger partial charge in [0.05, 0.1) is 45.1 Å². The number of allylic oxidation sites excluding steroid dienone is 1. The molecule has 4 bridgehead atoms. The minimum atomic E-state index is -1.25. The summed E-state index contributed by atoms with van der Waals surface area (Å²) < 4.78 is 41.5. The molecule has 10 atom stereocenters. The van der Waals surface area contributed by atoms with Gasteiger partial charge in [-0.2, -0.15) is 0 Å². The molecule has 0 N–H and O–H groups in total. The van der Waals surface area contributed by atoms with Crippen LogP contribution in [0.3, 0.4) is 0 Å². The van der Waals surface area contributed by atoms with Gasteiger partial charge in [-0.3, -0.25) is 4.79 Å². The third-order valence-corrected chi connectivity index (χ3v) is 12.2. The normalized spacial score (nSPS) is 33.2. The standard InChI is InChI=1S/C46H50O7/c1-31-24-45(3)32(2)37-29-52-46(39(31)37,44(45)47)43-42(51-28-36-22-14-7-15-23-36)41(50-27-35-20-12-6-13-21-35)40(49-26-34-18-10-5-11-19-34)38(53-43)30-48-25-33-16-8-4-9-17-33/h4-24,32,37-43H,25-30H2,1-3H3/t32-,37-,38+,39+,40+,41-,42+,43+,45-,46+/m0/s1. The molecule has 0 amide bonds. The fourth-order valence-electron chi connectivity index (χ4n) is 9.41. The van der Waals surface area contributed by atoms with Crippen molar-refractivity contribution in [1.29, 1.82) is 0 Å². The minimum Gasteiger partial charge on any atom is -0.374 e. The molecule has 4 aromatic carbocycles. The third kappa shape index (κ3) is 6.84. The Hall–Kier alpha value is -3.95. The van der Waals surface area contributed by atoms with Crippen molar-refractivity contribution in [3.05, 3.63) is 155 Å². The lowest BCUT2D eigenvalue weighted by Gasteiger charge is -2.59. The van der Waals surface area contributed by atoms with Gasteiger partial charge < -0.3 is 28.4 Å². The van der Waals surface area contributed by atoms with Crippen LogP contribution in [-0.4, -0.2) is 55.1 Å². The topological polar surface area (TPSA) is 72.5 Å². The van der Waals surface area contributed by atoms with Crippen LogP contribution in [-0.2, 0) is 59.6 Å². The van der Waals surface area contributed by atoms with Gasteiger partial charge in [-0.15, -0.1) is 0 Å². The van der Waals surface area contributed by atoms with Gasteiger partial charge >= 0.3 is 0 Å². The summed E-state index contributed by atoms with van der Waals surface area (Å²) in [5, 5.41) is 0. The van der Waals surface area contributed by atoms with Gasteiger partial charge in [0.25, 0.3) is 0 Å². The summed E-state index contributed by atoms with van der Waals surface area (Å²) >= 11 is 0. The van der Waals surface area contributed by atoms with Gasteiger partial charge in [0.1, 0.15) is 30.5 Å². The molecule has 5 aliphatic rings. The van der Waals surface area contributed by atoms with Crippen molar-refractivity contribution in [3.63, 3.8) is 0 Å². The summed E-state index contributed by atoms with van der Waals surface area (Å²) in [6.07, 6.45) is -1.13. The monoisotopic (exact) mass is 714 g/mol. The maximum Gasteiger partial charge on any atom is 0.177 e. The van der Waals surface area contributed by atoms with E-state index in [2.05, 4.69) is 51.1 Å². The maximum absolute atomic E-state index is 15.1. The number of ketones is 1. The predicted octanol–water partition coefficient (Wildman–Crippen LogP) is 7.91. The number of benzene rings is 4. The second-order valence-electron chi connectivity index (χ2n) is 15.4. The van der Waals surface area contributed by atoms with Crippen LogP contribution in [0.5, 0.6) is 0 Å². The number of carbonyl (C=O) groups is 1. The molecule has 7 nitrogen and oxygen atoms in total. The summed E-state index contributed by atoms with van der Waals surface area (Å²) in [5.41, 5.74) is 3.38. The van der Waals surface area contributed by atoms with Crippen LogP contribution in [0.2, 0.25) is 0 Å². The lowest BCUT2D eigenvalue weighted by molar-refractivity contribution is -0.303. The Kier molecular flexibility index (Phi) is 10.5. The number of Topliss-reactive ketones (excluding diaryl/α,β-unsaturated/α-hetero) is 1. The molecule has 3 fully saturated rings. The van der Waals surface area contributed by atoms with Crippen LogP contribution in [0.1, 0.15) is 43.0 Å². The number of hydrogen-bond donors (Lipinski definition) is 0. The van der Waals surface area contributed by atoms with E-state index in [0.29, 0.717) is 33.0 Å². The molecule has 0 aromatic heterocycles. The average Bonchev–Trinajstić information content (AvgIpc) is 3.59. The second-order valence-corrected chi connectivity index (χ2v) is 15.4. The van der Waals surface area contributed by atoms with E-state index < -0.39 is 41.5 Å². The average molecular weight is 715 g/mol. The number of carbonyl (C=O) groups excluding carboxylic acids is 1. The second kappa shape index (κ2) is 15.4. The van der Waals surface area contributed by atoms with E-state index in [1.165, 1.54) is 5.57 Å². The molecule has 4 aromatic rings. The molecule has 0 spiro atoms. The fourth-order valence-corrected chi connectivity index (χ4v) is 9.41. The van der Waals surface area contributed by atoms with Crippen molar-refractivity contribution < 1.29 is 33.2 Å². The van der Waals surface area contributed by atoms with Gasteiger partial charge in [0, 0.05) is 5.92 Å². The van der Waals surface area contributed by atoms with Crippen molar-refractivity contribution in [2.24, 2.45) is 23.2 Å². The highest BCUT2D eigenvalue weighted by Crippen LogP contribution is 2.64. The predicted molar refractivity (Wildman–Crippen MR) is 202 cm³/mol. The first-order chi connectivity index (χ1) is 25.9. The first kappa shape index (κ1) is 36.0. The van der Waals surface area contributed by atoms with E-state index in [0.717, 1.165) is 22.3 Å². The van der Waals surface area contributed by atoms with Crippen molar-refractivity contribution in [2.75, 3.05) is 13.2 Å². The molecule has 276 valence electrons. The Balaban J connectivity index is 1.21. The van der Waals surface area contributed by atoms with Crippen molar-refractivity contribution >= 4 is 5.78 Å². The molecule has 2 aliphatic heterocycles. The summed E-state index contributed by atoms with van der Waals surface area (Å²) in [7, 11) is 0. The van der Waals surface area contributed by atoms with Gasteiger partial charge in [0.15, 0.2) is 11.4 Å². The molecule has 0 unspecified atom stereocenters. The van der Waals surface area contributed by atoms with Crippen molar-refractivity contribution in [3.8, 4) is 0 Å². The van der Waals surface area contributed by atoms with Crippen LogP contribution in [0, 0.1) is 23.2 Å².